The van der Waals surface area contributed by atoms with Crippen molar-refractivity contribution in [1.82, 2.24) is 5.32 Å². The zero-order valence-electron chi connectivity index (χ0n) is 10.7. The van der Waals surface area contributed by atoms with Gasteiger partial charge in [0, 0.05) is 6.04 Å². The second-order valence-electron chi connectivity index (χ2n) is 5.20. The van der Waals surface area contributed by atoms with Crippen molar-refractivity contribution < 1.29 is 0 Å². The van der Waals surface area contributed by atoms with Gasteiger partial charge in [-0.25, -0.2) is 0 Å². The van der Waals surface area contributed by atoms with Crippen molar-refractivity contribution in [2.75, 3.05) is 6.54 Å². The van der Waals surface area contributed by atoms with Crippen LogP contribution in [0.1, 0.15) is 71.6 Å². The van der Waals surface area contributed by atoms with Crippen LogP contribution < -0.4 is 5.32 Å². The molecule has 0 aromatic heterocycles. The monoisotopic (exact) mass is 211 g/mol. The van der Waals surface area contributed by atoms with Crippen molar-refractivity contribution in [3.8, 4) is 0 Å². The number of hydrogen-bond donors (Lipinski definition) is 1. The van der Waals surface area contributed by atoms with Crippen LogP contribution in [0.5, 0.6) is 0 Å². The first-order valence-corrected chi connectivity index (χ1v) is 7.08. The molecule has 1 saturated carbocycles. The van der Waals surface area contributed by atoms with E-state index >= 15 is 0 Å². The topological polar surface area (TPSA) is 12.0 Å². The van der Waals surface area contributed by atoms with Crippen LogP contribution in [-0.4, -0.2) is 12.6 Å². The molecule has 1 N–H and O–H groups in total. The summed E-state index contributed by atoms with van der Waals surface area (Å²) < 4.78 is 0. The number of nitrogens with one attached hydrogen (secondary N) is 1. The summed E-state index contributed by atoms with van der Waals surface area (Å²) in [6.45, 7) is 5.89. The molecular formula is C14H29N. The average Bonchev–Trinajstić information content (AvgIpc) is 2.30. The molecule has 1 unspecified atom stereocenters. The first kappa shape index (κ1) is 13.0. The molecular weight excluding hydrogens is 182 g/mol. The maximum atomic E-state index is 3.71. The normalized spacial score (nSPS) is 20.4. The fraction of sp³-hybridized carbons (Fsp3) is 1.00. The van der Waals surface area contributed by atoms with E-state index < -0.39 is 0 Å². The van der Waals surface area contributed by atoms with Crippen molar-refractivity contribution in [3.63, 3.8) is 0 Å². The molecule has 15 heavy (non-hydrogen) atoms. The summed E-state index contributed by atoms with van der Waals surface area (Å²) in [6.07, 6.45) is 12.8. The Bertz CT molecular complexity index is 138. The van der Waals surface area contributed by atoms with Crippen molar-refractivity contribution in [2.45, 2.75) is 77.7 Å². The Hall–Kier alpha value is -0.0400. The molecule has 0 heterocycles. The Morgan fingerprint density at radius 2 is 1.80 bits per heavy atom. The molecule has 0 aromatic carbocycles. The van der Waals surface area contributed by atoms with Gasteiger partial charge in [-0.2, -0.15) is 0 Å². The Labute approximate surface area is 96.0 Å². The first-order chi connectivity index (χ1) is 7.34. The van der Waals surface area contributed by atoms with Crippen LogP contribution >= 0.6 is 0 Å². The van der Waals surface area contributed by atoms with E-state index in [4.69, 9.17) is 0 Å². The van der Waals surface area contributed by atoms with E-state index in [0.29, 0.717) is 0 Å². The molecule has 1 fully saturated rings. The van der Waals surface area contributed by atoms with Gasteiger partial charge in [0.25, 0.3) is 0 Å². The summed E-state index contributed by atoms with van der Waals surface area (Å²) in [4.78, 5) is 0. The molecule has 0 aliphatic heterocycles. The van der Waals surface area contributed by atoms with Crippen molar-refractivity contribution in [3.05, 3.63) is 0 Å². The molecule has 1 atom stereocenters. The Kier molecular flexibility index (Phi) is 7.08. The van der Waals surface area contributed by atoms with Gasteiger partial charge in [0.1, 0.15) is 0 Å². The molecule has 1 aliphatic carbocycles. The van der Waals surface area contributed by atoms with Crippen LogP contribution in [-0.2, 0) is 0 Å². The minimum Gasteiger partial charge on any atom is -0.314 e. The van der Waals surface area contributed by atoms with Crippen LogP contribution in [0.15, 0.2) is 0 Å². The second-order valence-corrected chi connectivity index (χ2v) is 5.20. The molecule has 0 amide bonds. The van der Waals surface area contributed by atoms with E-state index in [-0.39, 0.29) is 0 Å². The van der Waals surface area contributed by atoms with Crippen LogP contribution in [0.3, 0.4) is 0 Å². The van der Waals surface area contributed by atoms with E-state index in [1.165, 1.54) is 64.3 Å². The van der Waals surface area contributed by atoms with Gasteiger partial charge in [-0.1, -0.05) is 45.4 Å². The van der Waals surface area contributed by atoms with Gasteiger partial charge in [0.15, 0.2) is 0 Å². The standard InChI is InChI=1S/C14H29N/c1-3-4-5-9-12-15-13(2)14-10-7-6-8-11-14/h13-15H,3-12H2,1-2H3. The highest BCUT2D eigenvalue weighted by Crippen LogP contribution is 2.26. The zero-order valence-corrected chi connectivity index (χ0v) is 10.7. The third-order valence-corrected chi connectivity index (χ3v) is 3.85. The van der Waals surface area contributed by atoms with Crippen molar-refractivity contribution in [2.24, 2.45) is 5.92 Å². The Morgan fingerprint density at radius 1 is 1.07 bits per heavy atom. The minimum absolute atomic E-state index is 0.756. The summed E-state index contributed by atoms with van der Waals surface area (Å²) in [6, 6.07) is 0.756. The van der Waals surface area contributed by atoms with Crippen LogP contribution in [0.25, 0.3) is 0 Å². The summed E-state index contributed by atoms with van der Waals surface area (Å²) in [5.41, 5.74) is 0. The van der Waals surface area contributed by atoms with Crippen LogP contribution in [0.2, 0.25) is 0 Å². The van der Waals surface area contributed by atoms with Gasteiger partial charge in [-0.15, -0.1) is 0 Å². The number of unbranched alkanes of at least 4 members (excludes halogenated alkanes) is 3. The molecule has 0 saturated heterocycles. The maximum absolute atomic E-state index is 3.71. The third kappa shape index (κ3) is 5.55. The zero-order chi connectivity index (χ0) is 10.9. The Balaban J connectivity index is 1.99. The third-order valence-electron chi connectivity index (χ3n) is 3.85. The summed E-state index contributed by atoms with van der Waals surface area (Å²) in [5.74, 6) is 0.963. The molecule has 1 aliphatic rings. The smallest absolute Gasteiger partial charge is 0.00669 e. The van der Waals surface area contributed by atoms with Gasteiger partial charge in [-0.05, 0) is 38.6 Å². The van der Waals surface area contributed by atoms with Gasteiger partial charge in [0.2, 0.25) is 0 Å². The second kappa shape index (κ2) is 8.15. The lowest BCUT2D eigenvalue weighted by molar-refractivity contribution is 0.281. The molecule has 0 spiro atoms. The lowest BCUT2D eigenvalue weighted by atomic mass is 9.84. The lowest BCUT2D eigenvalue weighted by Crippen LogP contribution is -2.35. The van der Waals surface area contributed by atoms with Gasteiger partial charge >= 0.3 is 0 Å². The molecule has 1 heteroatoms. The molecule has 90 valence electrons. The molecule has 1 rings (SSSR count). The first-order valence-electron chi connectivity index (χ1n) is 7.08. The van der Waals surface area contributed by atoms with Gasteiger partial charge in [-0.3, -0.25) is 0 Å². The highest BCUT2D eigenvalue weighted by molar-refractivity contribution is 4.75. The van der Waals surface area contributed by atoms with E-state index in [1.54, 1.807) is 0 Å². The fourth-order valence-electron chi connectivity index (χ4n) is 2.68. The number of hydrogen-bond acceptors (Lipinski definition) is 1. The SMILES string of the molecule is CCCCCCNC(C)C1CCCCC1. The quantitative estimate of drug-likeness (QED) is 0.624. The van der Waals surface area contributed by atoms with E-state index in [2.05, 4.69) is 19.2 Å². The molecule has 1 nitrogen and oxygen atoms in total. The summed E-state index contributed by atoms with van der Waals surface area (Å²) in [7, 11) is 0. The van der Waals surface area contributed by atoms with E-state index in [0.717, 1.165) is 12.0 Å². The molecule has 0 bridgehead atoms. The summed E-state index contributed by atoms with van der Waals surface area (Å²) in [5, 5.41) is 3.71. The maximum Gasteiger partial charge on any atom is 0.00669 e. The van der Waals surface area contributed by atoms with Crippen LogP contribution in [0, 0.1) is 5.92 Å². The largest absolute Gasteiger partial charge is 0.314 e. The van der Waals surface area contributed by atoms with Crippen molar-refractivity contribution >= 4 is 0 Å². The van der Waals surface area contributed by atoms with Gasteiger partial charge < -0.3 is 5.32 Å². The van der Waals surface area contributed by atoms with Crippen LogP contribution in [0.4, 0.5) is 0 Å². The Morgan fingerprint density at radius 3 is 2.47 bits per heavy atom. The minimum atomic E-state index is 0.756. The highest BCUT2D eigenvalue weighted by atomic mass is 14.9. The van der Waals surface area contributed by atoms with Gasteiger partial charge in [0.05, 0.1) is 0 Å². The van der Waals surface area contributed by atoms with E-state index in [1.807, 2.05) is 0 Å². The molecule has 0 radical (unpaired) electrons. The molecule has 0 aromatic rings. The predicted octanol–water partition coefficient (Wildman–Crippen LogP) is 4.13. The fourth-order valence-corrected chi connectivity index (χ4v) is 2.68. The van der Waals surface area contributed by atoms with E-state index in [9.17, 15) is 0 Å². The summed E-state index contributed by atoms with van der Waals surface area (Å²) >= 11 is 0. The predicted molar refractivity (Wildman–Crippen MR) is 68.2 cm³/mol. The lowest BCUT2D eigenvalue weighted by Gasteiger charge is -2.28. The number of rotatable bonds is 7. The average molecular weight is 211 g/mol. The highest BCUT2D eigenvalue weighted by Gasteiger charge is 2.18. The van der Waals surface area contributed by atoms with Crippen molar-refractivity contribution in [1.29, 1.82) is 0 Å².